The summed E-state index contributed by atoms with van der Waals surface area (Å²) in [4.78, 5) is 19.8. The number of aliphatic imine (C=N–C) groups is 1. The lowest BCUT2D eigenvalue weighted by molar-refractivity contribution is -0.129. The number of amides is 1. The highest BCUT2D eigenvalue weighted by Crippen LogP contribution is 2.53. The van der Waals surface area contributed by atoms with Crippen LogP contribution in [0.4, 0.5) is 17.6 Å². The van der Waals surface area contributed by atoms with Crippen LogP contribution in [0.2, 0.25) is 0 Å². The van der Waals surface area contributed by atoms with E-state index in [1.54, 1.807) is 60.7 Å². The number of alkyl halides is 4. The molecule has 0 fully saturated rings. The van der Waals surface area contributed by atoms with Crippen LogP contribution in [0.3, 0.4) is 0 Å². The first-order valence-corrected chi connectivity index (χ1v) is 12.4. The first kappa shape index (κ1) is 26.2. The molecule has 4 aromatic rings. The molecule has 2 aliphatic rings. The molecule has 2 aliphatic heterocycles. The van der Waals surface area contributed by atoms with Gasteiger partial charge in [-0.15, -0.1) is 0 Å². The van der Waals surface area contributed by atoms with Gasteiger partial charge in [0.15, 0.2) is 5.96 Å². The van der Waals surface area contributed by atoms with E-state index in [1.807, 2.05) is 0 Å². The van der Waals surface area contributed by atoms with Gasteiger partial charge in [-0.2, -0.15) is 17.6 Å². The van der Waals surface area contributed by atoms with Crippen LogP contribution in [-0.2, 0) is 10.3 Å². The van der Waals surface area contributed by atoms with Crippen molar-refractivity contribution < 1.29 is 36.6 Å². The number of fused-ring (bicyclic) bond motifs is 4. The summed E-state index contributed by atoms with van der Waals surface area (Å²) in [5, 5.41) is 0. The van der Waals surface area contributed by atoms with Gasteiger partial charge >= 0.3 is 13.2 Å². The third kappa shape index (κ3) is 4.48. The molecule has 0 bridgehead atoms. The molecule has 0 saturated heterocycles. The summed E-state index contributed by atoms with van der Waals surface area (Å²) < 4.78 is 66.6. The molecule has 7 nitrogen and oxygen atoms in total. The summed E-state index contributed by atoms with van der Waals surface area (Å²) in [5.41, 5.74) is 7.64. The van der Waals surface area contributed by atoms with Gasteiger partial charge in [0, 0.05) is 18.2 Å². The number of nitrogens with two attached hydrogens (primary N) is 1. The maximum absolute atomic E-state index is 13.9. The topological polar surface area (TPSA) is 86.4 Å². The summed E-state index contributed by atoms with van der Waals surface area (Å²) >= 11 is 0. The molecular formula is C30H21F4N3O4. The average molecular weight is 564 g/mol. The lowest BCUT2D eigenvalue weighted by Crippen LogP contribution is -2.42. The highest BCUT2D eigenvalue weighted by molar-refractivity contribution is 6.10. The van der Waals surface area contributed by atoms with Crippen LogP contribution >= 0.6 is 0 Å². The second kappa shape index (κ2) is 9.84. The van der Waals surface area contributed by atoms with Crippen LogP contribution in [0.25, 0.3) is 22.3 Å². The van der Waals surface area contributed by atoms with Crippen LogP contribution in [-0.4, -0.2) is 37.0 Å². The fourth-order valence-corrected chi connectivity index (χ4v) is 5.12. The van der Waals surface area contributed by atoms with Crippen molar-refractivity contribution in [1.82, 2.24) is 4.90 Å². The van der Waals surface area contributed by atoms with E-state index in [2.05, 4.69) is 14.5 Å². The van der Waals surface area contributed by atoms with Crippen molar-refractivity contribution in [3.05, 3.63) is 96.1 Å². The van der Waals surface area contributed by atoms with Crippen molar-refractivity contribution in [3.8, 4) is 45.3 Å². The molecule has 6 rings (SSSR count). The van der Waals surface area contributed by atoms with Crippen molar-refractivity contribution in [1.29, 1.82) is 0 Å². The summed E-state index contributed by atoms with van der Waals surface area (Å²) in [5.74, 6) is 0.244. The SMILES string of the molecule is CN1C(=O)C2(N=C1N)c1cc(-c3cccc(OC(F)F)c3)ccc1Oc1ccc(-c3cccc(OC(F)F)c3)cc12. The van der Waals surface area contributed by atoms with E-state index in [4.69, 9.17) is 10.5 Å². The third-order valence-corrected chi connectivity index (χ3v) is 6.98. The minimum Gasteiger partial charge on any atom is -0.457 e. The minimum absolute atomic E-state index is 0.00994. The van der Waals surface area contributed by atoms with E-state index < -0.39 is 24.7 Å². The summed E-state index contributed by atoms with van der Waals surface area (Å²) in [6.07, 6.45) is 0. The molecule has 1 amide bonds. The molecule has 0 unspecified atom stereocenters. The zero-order chi connectivity index (χ0) is 28.9. The molecule has 1 spiro atoms. The molecule has 2 heterocycles. The van der Waals surface area contributed by atoms with Gasteiger partial charge < -0.3 is 19.9 Å². The Kier molecular flexibility index (Phi) is 6.29. The quantitative estimate of drug-likeness (QED) is 0.276. The number of hydrogen-bond acceptors (Lipinski definition) is 6. The van der Waals surface area contributed by atoms with Gasteiger partial charge in [-0.1, -0.05) is 36.4 Å². The monoisotopic (exact) mass is 563 g/mol. The number of nitrogens with zero attached hydrogens (tertiary/aromatic N) is 2. The molecule has 0 aliphatic carbocycles. The second-order valence-electron chi connectivity index (χ2n) is 9.38. The van der Waals surface area contributed by atoms with Crippen molar-refractivity contribution in [2.24, 2.45) is 10.7 Å². The average Bonchev–Trinajstić information content (AvgIpc) is 3.17. The third-order valence-electron chi connectivity index (χ3n) is 6.98. The summed E-state index contributed by atoms with van der Waals surface area (Å²) in [7, 11) is 1.51. The largest absolute Gasteiger partial charge is 0.457 e. The number of hydrogen-bond donors (Lipinski definition) is 1. The lowest BCUT2D eigenvalue weighted by Gasteiger charge is -2.34. The van der Waals surface area contributed by atoms with Gasteiger partial charge in [-0.05, 0) is 70.8 Å². The van der Waals surface area contributed by atoms with Gasteiger partial charge in [0.2, 0.25) is 5.54 Å². The van der Waals surface area contributed by atoms with Gasteiger partial charge in [-0.25, -0.2) is 4.99 Å². The number of carbonyl (C=O) groups is 1. The van der Waals surface area contributed by atoms with E-state index >= 15 is 0 Å². The zero-order valence-corrected chi connectivity index (χ0v) is 21.4. The maximum Gasteiger partial charge on any atom is 0.387 e. The number of benzene rings is 4. The van der Waals surface area contributed by atoms with Gasteiger partial charge in [0.25, 0.3) is 5.91 Å². The molecule has 4 aromatic carbocycles. The van der Waals surface area contributed by atoms with E-state index in [1.165, 1.54) is 36.2 Å². The molecule has 2 N–H and O–H groups in total. The Morgan fingerprint density at radius 2 is 1.22 bits per heavy atom. The molecule has 11 heteroatoms. The summed E-state index contributed by atoms with van der Waals surface area (Å²) in [6, 6.07) is 22.6. The van der Waals surface area contributed by atoms with Crippen LogP contribution in [0.15, 0.2) is 89.9 Å². The number of likely N-dealkylation sites (N-methyl/N-ethyl adjacent to an activating group) is 1. The number of carbonyl (C=O) groups excluding carboxylic acids is 1. The Morgan fingerprint density at radius 3 is 1.63 bits per heavy atom. The minimum atomic E-state index is -2.98. The van der Waals surface area contributed by atoms with Gasteiger partial charge in [-0.3, -0.25) is 9.69 Å². The zero-order valence-electron chi connectivity index (χ0n) is 21.4. The molecular weight excluding hydrogens is 542 g/mol. The normalized spacial score (nSPS) is 15.0. The second-order valence-corrected chi connectivity index (χ2v) is 9.38. The molecule has 208 valence electrons. The van der Waals surface area contributed by atoms with Crippen LogP contribution in [0.5, 0.6) is 23.0 Å². The summed E-state index contributed by atoms with van der Waals surface area (Å²) in [6.45, 7) is -5.97. The Morgan fingerprint density at radius 1 is 0.756 bits per heavy atom. The molecule has 0 radical (unpaired) electrons. The highest BCUT2D eigenvalue weighted by atomic mass is 19.3. The van der Waals surface area contributed by atoms with Crippen molar-refractivity contribution in [2.45, 2.75) is 18.8 Å². The predicted octanol–water partition coefficient (Wildman–Crippen LogP) is 6.36. The Labute approximate surface area is 231 Å². The van der Waals surface area contributed by atoms with E-state index in [9.17, 15) is 22.4 Å². The van der Waals surface area contributed by atoms with Crippen LogP contribution in [0.1, 0.15) is 11.1 Å². The van der Waals surface area contributed by atoms with Crippen molar-refractivity contribution in [2.75, 3.05) is 7.05 Å². The highest BCUT2D eigenvalue weighted by Gasteiger charge is 2.54. The van der Waals surface area contributed by atoms with Crippen LogP contribution in [0, 0.1) is 0 Å². The molecule has 0 atom stereocenters. The van der Waals surface area contributed by atoms with Gasteiger partial charge in [0.05, 0.1) is 0 Å². The van der Waals surface area contributed by atoms with E-state index in [0.717, 1.165) is 0 Å². The number of ether oxygens (including phenoxy) is 3. The standard InChI is InChI=1S/C30H21F4N3O4/c1-37-26(38)30(36-29(37)35)22-14-18(16-4-2-6-20(12-16)39-27(31)32)8-10-24(22)41-25-11-9-19(15-23(25)30)17-5-3-7-21(13-17)40-28(33)34/h2-15,27-28H,1H3,(H2,35,36). The van der Waals surface area contributed by atoms with Gasteiger partial charge in [0.1, 0.15) is 23.0 Å². The Hall–Kier alpha value is -5.06. The van der Waals surface area contributed by atoms with Crippen molar-refractivity contribution >= 4 is 11.9 Å². The lowest BCUT2D eigenvalue weighted by atomic mass is 9.78. The molecule has 41 heavy (non-hydrogen) atoms. The fourth-order valence-electron chi connectivity index (χ4n) is 5.12. The Balaban J connectivity index is 1.51. The Bertz CT molecular complexity index is 1610. The molecule has 0 saturated carbocycles. The smallest absolute Gasteiger partial charge is 0.387 e. The van der Waals surface area contributed by atoms with E-state index in [0.29, 0.717) is 44.9 Å². The van der Waals surface area contributed by atoms with E-state index in [-0.39, 0.29) is 17.5 Å². The first-order chi connectivity index (χ1) is 19.7. The predicted molar refractivity (Wildman–Crippen MR) is 142 cm³/mol. The first-order valence-electron chi connectivity index (χ1n) is 12.4. The van der Waals surface area contributed by atoms with Crippen LogP contribution < -0.4 is 19.9 Å². The number of rotatable bonds is 6. The molecule has 0 aromatic heterocycles. The number of guanidine groups is 1. The fraction of sp³-hybridized carbons (Fsp3) is 0.133. The number of halogens is 4. The maximum atomic E-state index is 13.9. The van der Waals surface area contributed by atoms with Crippen molar-refractivity contribution in [3.63, 3.8) is 0 Å².